The summed E-state index contributed by atoms with van der Waals surface area (Å²) in [6.45, 7) is 7.58. The van der Waals surface area contributed by atoms with E-state index in [4.69, 9.17) is 4.74 Å². The fraction of sp³-hybridized carbons (Fsp3) is 0.750. The molecule has 0 amide bonds. The highest BCUT2D eigenvalue weighted by Gasteiger charge is 2.13. The molecule has 1 N–H and O–H groups in total. The van der Waals surface area contributed by atoms with Gasteiger partial charge in [0, 0.05) is 18.8 Å². The summed E-state index contributed by atoms with van der Waals surface area (Å²) in [6, 6.07) is 0. The van der Waals surface area contributed by atoms with Crippen molar-refractivity contribution in [1.29, 1.82) is 0 Å². The fourth-order valence-corrected chi connectivity index (χ4v) is 1.09. The average Bonchev–Trinajstić information content (AvgIpc) is 2.34. The molecule has 0 radical (unpaired) electrons. The van der Waals surface area contributed by atoms with Gasteiger partial charge in [-0.25, -0.2) is 0 Å². The van der Waals surface area contributed by atoms with Crippen LogP contribution in [0.25, 0.3) is 0 Å². The molecule has 0 bridgehead atoms. The van der Waals surface area contributed by atoms with Gasteiger partial charge in [-0.2, -0.15) is 0 Å². The zero-order valence-electron chi connectivity index (χ0n) is 6.52. The van der Waals surface area contributed by atoms with Crippen LogP contribution in [-0.2, 0) is 4.74 Å². The van der Waals surface area contributed by atoms with Gasteiger partial charge in [-0.3, -0.25) is 0 Å². The zero-order chi connectivity index (χ0) is 7.40. The molecule has 0 aromatic heterocycles. The Hall–Kier alpha value is -0.500. The number of rotatable bonds is 3. The van der Waals surface area contributed by atoms with Gasteiger partial charge in [0.25, 0.3) is 0 Å². The molecular formula is C8H15NO. The van der Waals surface area contributed by atoms with E-state index in [1.54, 1.807) is 0 Å². The van der Waals surface area contributed by atoms with E-state index in [0.717, 1.165) is 18.8 Å². The number of allylic oxidation sites excluding steroid dienone is 1. The third kappa shape index (κ3) is 2.40. The van der Waals surface area contributed by atoms with Gasteiger partial charge < -0.3 is 10.1 Å². The second-order valence-electron chi connectivity index (χ2n) is 2.80. The predicted molar refractivity (Wildman–Crippen MR) is 41.8 cm³/mol. The molecule has 0 aliphatic carbocycles. The molecule has 0 saturated carbocycles. The highest BCUT2D eigenvalue weighted by atomic mass is 16.5. The van der Waals surface area contributed by atoms with E-state index < -0.39 is 0 Å². The Kier molecular flexibility index (Phi) is 2.75. The van der Waals surface area contributed by atoms with Crippen molar-refractivity contribution < 1.29 is 4.74 Å². The number of nitrogens with one attached hydrogen (secondary N) is 1. The van der Waals surface area contributed by atoms with Crippen molar-refractivity contribution in [2.45, 2.75) is 25.9 Å². The van der Waals surface area contributed by atoms with E-state index in [1.807, 2.05) is 6.92 Å². The van der Waals surface area contributed by atoms with Gasteiger partial charge in [0.2, 0.25) is 0 Å². The topological polar surface area (TPSA) is 21.3 Å². The summed E-state index contributed by atoms with van der Waals surface area (Å²) in [5, 5.41) is 3.17. The first-order valence-electron chi connectivity index (χ1n) is 3.80. The third-order valence-electron chi connectivity index (χ3n) is 1.66. The number of hydrogen-bond donors (Lipinski definition) is 1. The van der Waals surface area contributed by atoms with Crippen LogP contribution in [0, 0.1) is 0 Å². The summed E-state index contributed by atoms with van der Waals surface area (Å²) in [5.74, 6) is 0. The minimum absolute atomic E-state index is 0.427. The first-order valence-corrected chi connectivity index (χ1v) is 3.80. The monoisotopic (exact) mass is 141 g/mol. The molecule has 0 spiro atoms. The molecule has 10 heavy (non-hydrogen) atoms. The lowest BCUT2D eigenvalue weighted by molar-refractivity contribution is 0.112. The molecule has 1 atom stereocenters. The van der Waals surface area contributed by atoms with Crippen LogP contribution in [0.5, 0.6) is 0 Å². The number of ether oxygens (including phenoxy) is 1. The normalized spacial score (nSPS) is 24.7. The van der Waals surface area contributed by atoms with Crippen LogP contribution in [0.3, 0.4) is 0 Å². The third-order valence-corrected chi connectivity index (χ3v) is 1.66. The van der Waals surface area contributed by atoms with Gasteiger partial charge in [0.05, 0.1) is 6.10 Å². The van der Waals surface area contributed by atoms with Crippen molar-refractivity contribution in [3.05, 3.63) is 12.3 Å². The highest BCUT2D eigenvalue weighted by molar-refractivity contribution is 4.85. The molecule has 1 saturated heterocycles. The summed E-state index contributed by atoms with van der Waals surface area (Å²) < 4.78 is 5.40. The molecule has 2 nitrogen and oxygen atoms in total. The first kappa shape index (κ1) is 7.61. The second-order valence-corrected chi connectivity index (χ2v) is 2.80. The molecule has 1 heterocycles. The van der Waals surface area contributed by atoms with Crippen LogP contribution in [0.15, 0.2) is 12.3 Å². The minimum atomic E-state index is 0.427. The fourth-order valence-electron chi connectivity index (χ4n) is 1.09. The van der Waals surface area contributed by atoms with Crippen LogP contribution < -0.4 is 5.32 Å². The van der Waals surface area contributed by atoms with Gasteiger partial charge in [-0.05, 0) is 19.8 Å². The van der Waals surface area contributed by atoms with Crippen LogP contribution in [0.4, 0.5) is 0 Å². The summed E-state index contributed by atoms with van der Waals surface area (Å²) in [5.41, 5.74) is 1.02. The van der Waals surface area contributed by atoms with Crippen molar-refractivity contribution in [3.63, 3.8) is 0 Å². The van der Waals surface area contributed by atoms with Crippen LogP contribution in [0.2, 0.25) is 0 Å². The Morgan fingerprint density at radius 3 is 3.10 bits per heavy atom. The standard InChI is InChI=1S/C8H15NO/c1-7(2)9-6-8-4-3-5-10-8/h8-9H,1,3-6H2,2H3. The quantitative estimate of drug-likeness (QED) is 0.639. The Balaban J connectivity index is 2.07. The molecule has 1 rings (SSSR count). The Labute approximate surface area is 62.3 Å². The Morgan fingerprint density at radius 2 is 2.60 bits per heavy atom. The van der Waals surface area contributed by atoms with Gasteiger partial charge in [-0.1, -0.05) is 6.58 Å². The van der Waals surface area contributed by atoms with Gasteiger partial charge in [0.1, 0.15) is 0 Å². The van der Waals surface area contributed by atoms with Crippen molar-refractivity contribution in [2.24, 2.45) is 0 Å². The average molecular weight is 141 g/mol. The Bertz CT molecular complexity index is 116. The van der Waals surface area contributed by atoms with Crippen LogP contribution in [-0.4, -0.2) is 19.3 Å². The molecular weight excluding hydrogens is 126 g/mol. The van der Waals surface area contributed by atoms with Crippen LogP contribution in [0.1, 0.15) is 19.8 Å². The molecule has 58 valence electrons. The summed E-state index contributed by atoms with van der Waals surface area (Å²) in [6.07, 6.45) is 2.83. The smallest absolute Gasteiger partial charge is 0.0748 e. The predicted octanol–water partition coefficient (Wildman–Crippen LogP) is 1.29. The molecule has 1 unspecified atom stereocenters. The van der Waals surface area contributed by atoms with Gasteiger partial charge >= 0.3 is 0 Å². The molecule has 0 aromatic carbocycles. The molecule has 1 aliphatic rings. The van der Waals surface area contributed by atoms with Crippen molar-refractivity contribution in [3.8, 4) is 0 Å². The summed E-state index contributed by atoms with van der Waals surface area (Å²) in [7, 11) is 0. The second kappa shape index (κ2) is 3.62. The molecule has 1 aliphatic heterocycles. The summed E-state index contributed by atoms with van der Waals surface area (Å²) >= 11 is 0. The lowest BCUT2D eigenvalue weighted by Gasteiger charge is -2.10. The van der Waals surface area contributed by atoms with Gasteiger partial charge in [0.15, 0.2) is 0 Å². The zero-order valence-corrected chi connectivity index (χ0v) is 6.52. The SMILES string of the molecule is C=C(C)NCC1CCCO1. The molecule has 0 aromatic rings. The maximum atomic E-state index is 5.40. The first-order chi connectivity index (χ1) is 4.79. The molecule has 1 fully saturated rings. The van der Waals surface area contributed by atoms with E-state index in [1.165, 1.54) is 12.8 Å². The maximum absolute atomic E-state index is 5.40. The lowest BCUT2D eigenvalue weighted by Crippen LogP contribution is -2.24. The highest BCUT2D eigenvalue weighted by Crippen LogP contribution is 2.10. The Morgan fingerprint density at radius 1 is 1.80 bits per heavy atom. The van der Waals surface area contributed by atoms with Crippen LogP contribution >= 0.6 is 0 Å². The van der Waals surface area contributed by atoms with Crippen molar-refractivity contribution in [2.75, 3.05) is 13.2 Å². The van der Waals surface area contributed by atoms with Crippen molar-refractivity contribution >= 4 is 0 Å². The lowest BCUT2D eigenvalue weighted by atomic mass is 10.2. The van der Waals surface area contributed by atoms with E-state index in [0.29, 0.717) is 6.10 Å². The number of hydrogen-bond acceptors (Lipinski definition) is 2. The summed E-state index contributed by atoms with van der Waals surface area (Å²) in [4.78, 5) is 0. The van der Waals surface area contributed by atoms with E-state index in [2.05, 4.69) is 11.9 Å². The largest absolute Gasteiger partial charge is 0.386 e. The minimum Gasteiger partial charge on any atom is -0.386 e. The van der Waals surface area contributed by atoms with E-state index >= 15 is 0 Å². The van der Waals surface area contributed by atoms with E-state index in [9.17, 15) is 0 Å². The molecule has 2 heteroatoms. The van der Waals surface area contributed by atoms with Crippen molar-refractivity contribution in [1.82, 2.24) is 5.32 Å². The van der Waals surface area contributed by atoms with E-state index in [-0.39, 0.29) is 0 Å². The van der Waals surface area contributed by atoms with Gasteiger partial charge in [-0.15, -0.1) is 0 Å². The maximum Gasteiger partial charge on any atom is 0.0748 e.